The summed E-state index contributed by atoms with van der Waals surface area (Å²) in [5, 5.41) is 7.26. The van der Waals surface area contributed by atoms with E-state index < -0.39 is 0 Å². The Morgan fingerprint density at radius 2 is 0.973 bits per heavy atom. The first-order valence-electron chi connectivity index (χ1n) is 12.4. The molecule has 2 heterocycles. The molecule has 0 aliphatic heterocycles. The fourth-order valence-corrected chi connectivity index (χ4v) is 6.98. The summed E-state index contributed by atoms with van der Waals surface area (Å²) in [5.41, 5.74) is 6.45. The summed E-state index contributed by atoms with van der Waals surface area (Å²) in [5.74, 6) is 0. The van der Waals surface area contributed by atoms with Crippen LogP contribution in [0.1, 0.15) is 0 Å². The van der Waals surface area contributed by atoms with Crippen molar-refractivity contribution < 1.29 is 0 Å². The Kier molecular flexibility index (Phi) is 4.42. The van der Waals surface area contributed by atoms with Gasteiger partial charge in [0, 0.05) is 36.5 Å². The summed E-state index contributed by atoms with van der Waals surface area (Å²) >= 11 is 1.85. The Morgan fingerprint density at radius 3 is 1.68 bits per heavy atom. The summed E-state index contributed by atoms with van der Waals surface area (Å²) in [4.78, 5) is 10.3. The number of hydrogen-bond donors (Lipinski definition) is 0. The van der Waals surface area contributed by atoms with Crippen LogP contribution in [0.3, 0.4) is 0 Å². The molecule has 0 spiro atoms. The van der Waals surface area contributed by atoms with E-state index in [0.717, 1.165) is 33.1 Å². The van der Waals surface area contributed by atoms with Crippen LogP contribution in [0.4, 0.5) is 0 Å². The third kappa shape index (κ3) is 3.05. The molecule has 0 radical (unpaired) electrons. The zero-order valence-electron chi connectivity index (χ0n) is 19.8. The molecule has 3 heteroatoms. The highest BCUT2D eigenvalue weighted by Gasteiger charge is 2.16. The SMILES string of the molecule is c1ccc(-c2cccc3c2sc2c(-c4cnc5c6ccccc6c6ccccc6c5n4)cccc23)cc1. The minimum Gasteiger partial charge on any atom is -0.252 e. The second kappa shape index (κ2) is 7.95. The molecule has 0 saturated carbocycles. The highest BCUT2D eigenvalue weighted by atomic mass is 32.1. The van der Waals surface area contributed by atoms with Gasteiger partial charge in [-0.05, 0) is 21.9 Å². The van der Waals surface area contributed by atoms with Crippen molar-refractivity contribution in [3.05, 3.63) is 121 Å². The molecule has 0 aliphatic carbocycles. The number of thiophene rings is 1. The summed E-state index contributed by atoms with van der Waals surface area (Å²) in [7, 11) is 0. The lowest BCUT2D eigenvalue weighted by molar-refractivity contribution is 1.31. The van der Waals surface area contributed by atoms with Gasteiger partial charge in [-0.2, -0.15) is 0 Å². The van der Waals surface area contributed by atoms with Crippen LogP contribution >= 0.6 is 11.3 Å². The second-order valence-electron chi connectivity index (χ2n) is 9.38. The molecule has 8 aromatic rings. The van der Waals surface area contributed by atoms with Gasteiger partial charge in [-0.25, -0.2) is 4.98 Å². The molecule has 0 unspecified atom stereocenters. The fraction of sp³-hybridized carbons (Fsp3) is 0. The van der Waals surface area contributed by atoms with E-state index in [2.05, 4.69) is 115 Å². The molecule has 2 aromatic heterocycles. The number of aromatic nitrogens is 2. The smallest absolute Gasteiger partial charge is 0.0979 e. The van der Waals surface area contributed by atoms with E-state index in [1.54, 1.807) is 0 Å². The van der Waals surface area contributed by atoms with E-state index in [4.69, 9.17) is 9.97 Å². The average Bonchev–Trinajstić information content (AvgIpc) is 3.37. The summed E-state index contributed by atoms with van der Waals surface area (Å²) < 4.78 is 2.56. The number of hydrogen-bond acceptors (Lipinski definition) is 3. The van der Waals surface area contributed by atoms with Crippen molar-refractivity contribution in [3.63, 3.8) is 0 Å². The van der Waals surface area contributed by atoms with Crippen LogP contribution in [0.15, 0.2) is 121 Å². The molecule has 172 valence electrons. The van der Waals surface area contributed by atoms with E-state index in [1.807, 2.05) is 17.5 Å². The summed E-state index contributed by atoms with van der Waals surface area (Å²) in [6.07, 6.45) is 1.95. The predicted molar refractivity (Wildman–Crippen MR) is 158 cm³/mol. The van der Waals surface area contributed by atoms with Crippen LogP contribution in [-0.2, 0) is 0 Å². The first-order chi connectivity index (χ1) is 18.4. The molecular weight excluding hydrogens is 468 g/mol. The zero-order valence-corrected chi connectivity index (χ0v) is 20.7. The van der Waals surface area contributed by atoms with Crippen molar-refractivity contribution in [3.8, 4) is 22.4 Å². The lowest BCUT2D eigenvalue weighted by Gasteiger charge is -2.10. The second-order valence-corrected chi connectivity index (χ2v) is 10.4. The third-order valence-electron chi connectivity index (χ3n) is 7.31. The van der Waals surface area contributed by atoms with Crippen molar-refractivity contribution >= 4 is 64.1 Å². The van der Waals surface area contributed by atoms with E-state index in [9.17, 15) is 0 Å². The van der Waals surface area contributed by atoms with Crippen LogP contribution in [0.2, 0.25) is 0 Å². The molecule has 0 fully saturated rings. The maximum Gasteiger partial charge on any atom is 0.0979 e. The Bertz CT molecular complexity index is 2110. The number of rotatable bonds is 2. The van der Waals surface area contributed by atoms with Gasteiger partial charge >= 0.3 is 0 Å². The first-order valence-corrected chi connectivity index (χ1v) is 13.2. The van der Waals surface area contributed by atoms with Crippen molar-refractivity contribution in [2.75, 3.05) is 0 Å². The fourth-order valence-electron chi connectivity index (χ4n) is 5.62. The first kappa shape index (κ1) is 20.6. The number of nitrogens with zero attached hydrogens (tertiary/aromatic N) is 2. The van der Waals surface area contributed by atoms with Gasteiger partial charge in [0.25, 0.3) is 0 Å². The minimum atomic E-state index is 0.909. The lowest BCUT2D eigenvalue weighted by Crippen LogP contribution is -1.92. The Hall–Kier alpha value is -4.60. The monoisotopic (exact) mass is 488 g/mol. The third-order valence-corrected chi connectivity index (χ3v) is 8.60. The quantitative estimate of drug-likeness (QED) is 0.226. The molecule has 0 bridgehead atoms. The van der Waals surface area contributed by atoms with E-state index >= 15 is 0 Å². The number of benzene rings is 6. The predicted octanol–water partition coefficient (Wildman–Crippen LogP) is 9.64. The molecule has 2 nitrogen and oxygen atoms in total. The zero-order chi connectivity index (χ0) is 24.3. The van der Waals surface area contributed by atoms with Gasteiger partial charge < -0.3 is 0 Å². The van der Waals surface area contributed by atoms with Gasteiger partial charge in [0.2, 0.25) is 0 Å². The summed E-state index contributed by atoms with van der Waals surface area (Å²) in [6.45, 7) is 0. The maximum atomic E-state index is 5.27. The van der Waals surface area contributed by atoms with Gasteiger partial charge in [0.1, 0.15) is 0 Å². The van der Waals surface area contributed by atoms with Gasteiger partial charge in [-0.15, -0.1) is 11.3 Å². The maximum absolute atomic E-state index is 5.27. The largest absolute Gasteiger partial charge is 0.252 e. The van der Waals surface area contributed by atoms with E-state index in [0.29, 0.717) is 0 Å². The molecule has 8 rings (SSSR count). The van der Waals surface area contributed by atoms with Gasteiger partial charge in [-0.3, -0.25) is 4.98 Å². The molecule has 37 heavy (non-hydrogen) atoms. The molecule has 0 aliphatic rings. The van der Waals surface area contributed by atoms with Crippen LogP contribution in [0.25, 0.3) is 75.1 Å². The van der Waals surface area contributed by atoms with Crippen molar-refractivity contribution in [2.45, 2.75) is 0 Å². The topological polar surface area (TPSA) is 25.8 Å². The van der Waals surface area contributed by atoms with Crippen molar-refractivity contribution in [1.82, 2.24) is 9.97 Å². The molecule has 0 atom stereocenters. The standard InChI is InChI=1S/C34H20N2S/c1-2-10-21(11-3-1)22-16-8-17-27-28-18-9-19-29(34(28)37-33(22)27)30-20-35-31-25-14-6-4-12-23(25)24-13-5-7-15-26(24)32(31)36-30/h1-20H. The summed E-state index contributed by atoms with van der Waals surface area (Å²) in [6, 6.07) is 40.8. The Morgan fingerprint density at radius 1 is 0.432 bits per heavy atom. The molecular formula is C34H20N2S. The molecule has 0 amide bonds. The van der Waals surface area contributed by atoms with Crippen molar-refractivity contribution in [1.29, 1.82) is 0 Å². The highest BCUT2D eigenvalue weighted by Crippen LogP contribution is 2.43. The normalized spacial score (nSPS) is 11.8. The molecule has 0 saturated heterocycles. The average molecular weight is 489 g/mol. The van der Waals surface area contributed by atoms with Crippen LogP contribution in [-0.4, -0.2) is 9.97 Å². The van der Waals surface area contributed by atoms with Crippen LogP contribution in [0, 0.1) is 0 Å². The van der Waals surface area contributed by atoms with E-state index in [-0.39, 0.29) is 0 Å². The number of fused-ring (bicyclic) bond motifs is 9. The Labute approximate surface area is 217 Å². The van der Waals surface area contributed by atoms with Crippen LogP contribution in [0.5, 0.6) is 0 Å². The lowest BCUT2D eigenvalue weighted by atomic mass is 9.99. The minimum absolute atomic E-state index is 0.909. The van der Waals surface area contributed by atoms with Gasteiger partial charge in [0.15, 0.2) is 0 Å². The molecule has 6 aromatic carbocycles. The van der Waals surface area contributed by atoms with Gasteiger partial charge in [-0.1, -0.05) is 115 Å². The molecule has 0 N–H and O–H groups in total. The Balaban J connectivity index is 1.43. The van der Waals surface area contributed by atoms with Crippen molar-refractivity contribution in [2.24, 2.45) is 0 Å². The highest BCUT2D eigenvalue weighted by molar-refractivity contribution is 7.26. The van der Waals surface area contributed by atoms with Crippen LogP contribution < -0.4 is 0 Å². The van der Waals surface area contributed by atoms with E-state index in [1.165, 1.54) is 42.1 Å². The van der Waals surface area contributed by atoms with Gasteiger partial charge in [0.05, 0.1) is 22.9 Å².